The van der Waals surface area contributed by atoms with Gasteiger partial charge in [-0.05, 0) is 46.5 Å². The molecule has 2 rings (SSSR count). The Kier molecular flexibility index (Phi) is 3.27. The van der Waals surface area contributed by atoms with Crippen molar-refractivity contribution < 1.29 is 13.5 Å². The van der Waals surface area contributed by atoms with E-state index >= 15 is 0 Å². The van der Waals surface area contributed by atoms with E-state index in [2.05, 4.69) is 4.72 Å². The topological polar surface area (TPSA) is 69.6 Å². The molecule has 0 amide bonds. The Morgan fingerprint density at radius 1 is 1.18 bits per heavy atom. The van der Waals surface area contributed by atoms with Crippen molar-refractivity contribution in [2.24, 2.45) is 0 Å². The normalized spacial score (nSPS) is 35.2. The number of nitrogens with one attached hydrogen (secondary N) is 1. The van der Waals surface area contributed by atoms with E-state index < -0.39 is 15.7 Å². The molecule has 2 saturated heterocycles. The Labute approximate surface area is 103 Å². The van der Waals surface area contributed by atoms with E-state index in [4.69, 9.17) is 0 Å². The number of aliphatic hydroxyl groups is 1. The van der Waals surface area contributed by atoms with Crippen LogP contribution in [0.2, 0.25) is 0 Å². The van der Waals surface area contributed by atoms with Crippen LogP contribution in [0.5, 0.6) is 0 Å². The molecule has 0 aromatic rings. The zero-order chi connectivity index (χ0) is 12.8. The molecule has 0 aromatic carbocycles. The summed E-state index contributed by atoms with van der Waals surface area (Å²) < 4.78 is 28.9. The first-order valence-electron chi connectivity index (χ1n) is 6.19. The molecule has 2 unspecified atom stereocenters. The lowest BCUT2D eigenvalue weighted by molar-refractivity contribution is 0.0759. The summed E-state index contributed by atoms with van der Waals surface area (Å²) in [6.07, 6.45) is 2.54. The van der Waals surface area contributed by atoms with Gasteiger partial charge in [-0.25, -0.2) is 0 Å². The number of aliphatic hydroxyl groups excluding tert-OH is 1. The van der Waals surface area contributed by atoms with E-state index in [1.165, 1.54) is 0 Å². The van der Waals surface area contributed by atoms with Gasteiger partial charge >= 0.3 is 0 Å². The van der Waals surface area contributed by atoms with Crippen LogP contribution in [0.3, 0.4) is 0 Å². The van der Waals surface area contributed by atoms with Gasteiger partial charge in [0, 0.05) is 17.6 Å². The summed E-state index contributed by atoms with van der Waals surface area (Å²) >= 11 is 0. The van der Waals surface area contributed by atoms with Crippen molar-refractivity contribution >= 4 is 10.2 Å². The smallest absolute Gasteiger partial charge is 0.280 e. The molecule has 0 aromatic heterocycles. The minimum atomic E-state index is -3.43. The molecule has 0 radical (unpaired) electrons. The Bertz CT molecular complexity index is 374. The Hall–Kier alpha value is -0.170. The van der Waals surface area contributed by atoms with Gasteiger partial charge < -0.3 is 5.11 Å². The van der Waals surface area contributed by atoms with Crippen LogP contribution in [0, 0.1) is 0 Å². The first-order valence-corrected chi connectivity index (χ1v) is 7.63. The van der Waals surface area contributed by atoms with Gasteiger partial charge in [-0.15, -0.1) is 0 Å². The summed E-state index contributed by atoms with van der Waals surface area (Å²) in [5.74, 6) is 0. The Morgan fingerprint density at radius 3 is 2.06 bits per heavy atom. The number of rotatable bonds is 2. The zero-order valence-electron chi connectivity index (χ0n) is 10.7. The second-order valence-electron chi connectivity index (χ2n) is 6.20. The van der Waals surface area contributed by atoms with E-state index in [-0.39, 0.29) is 18.2 Å². The molecule has 100 valence electrons. The van der Waals surface area contributed by atoms with Crippen LogP contribution in [0.4, 0.5) is 0 Å². The largest absolute Gasteiger partial charge is 0.393 e. The van der Waals surface area contributed by atoms with E-state index in [9.17, 15) is 13.5 Å². The monoisotopic (exact) mass is 262 g/mol. The molecular weight excluding hydrogens is 240 g/mol. The van der Waals surface area contributed by atoms with Crippen LogP contribution >= 0.6 is 0 Å². The molecule has 2 N–H and O–H groups in total. The highest BCUT2D eigenvalue weighted by atomic mass is 32.2. The van der Waals surface area contributed by atoms with Crippen molar-refractivity contribution in [1.82, 2.24) is 9.03 Å². The minimum absolute atomic E-state index is 0.0244. The average Bonchev–Trinajstić information content (AvgIpc) is 2.36. The van der Waals surface area contributed by atoms with Crippen molar-refractivity contribution in [3.63, 3.8) is 0 Å². The second kappa shape index (κ2) is 4.19. The summed E-state index contributed by atoms with van der Waals surface area (Å²) in [6, 6.07) is -0.0489. The average molecular weight is 262 g/mol. The fourth-order valence-corrected chi connectivity index (χ4v) is 4.98. The summed E-state index contributed by atoms with van der Waals surface area (Å²) in [5, 5.41) is 9.66. The van der Waals surface area contributed by atoms with Gasteiger partial charge in [-0.1, -0.05) is 0 Å². The van der Waals surface area contributed by atoms with Gasteiger partial charge in [0.25, 0.3) is 10.2 Å². The maximum atomic E-state index is 12.3. The molecule has 17 heavy (non-hydrogen) atoms. The molecule has 2 aliphatic heterocycles. The molecule has 5 nitrogen and oxygen atoms in total. The summed E-state index contributed by atoms with van der Waals surface area (Å²) in [5.41, 5.74) is -0.464. The highest BCUT2D eigenvalue weighted by molar-refractivity contribution is 7.87. The van der Waals surface area contributed by atoms with E-state index in [1.807, 2.05) is 20.8 Å². The van der Waals surface area contributed by atoms with Gasteiger partial charge in [-0.2, -0.15) is 17.4 Å². The first kappa shape index (κ1) is 13.3. The van der Waals surface area contributed by atoms with Crippen molar-refractivity contribution in [3.05, 3.63) is 0 Å². The zero-order valence-corrected chi connectivity index (χ0v) is 11.5. The van der Waals surface area contributed by atoms with Crippen LogP contribution in [0.1, 0.15) is 46.5 Å². The van der Waals surface area contributed by atoms with Crippen molar-refractivity contribution in [3.8, 4) is 0 Å². The van der Waals surface area contributed by atoms with Crippen molar-refractivity contribution in [2.75, 3.05) is 0 Å². The maximum Gasteiger partial charge on any atom is 0.280 e. The third-order valence-corrected chi connectivity index (χ3v) is 5.38. The molecular formula is C11H22N2O3S. The van der Waals surface area contributed by atoms with Gasteiger partial charge in [0.05, 0.1) is 6.10 Å². The number of hydrogen-bond donors (Lipinski definition) is 2. The van der Waals surface area contributed by atoms with E-state index in [0.717, 1.165) is 12.8 Å². The molecule has 2 fully saturated rings. The minimum Gasteiger partial charge on any atom is -0.393 e. The number of fused-ring (bicyclic) bond motifs is 2. The lowest BCUT2D eigenvalue weighted by Gasteiger charge is -2.37. The highest BCUT2D eigenvalue weighted by Gasteiger charge is 2.47. The Balaban J connectivity index is 2.18. The van der Waals surface area contributed by atoms with Crippen molar-refractivity contribution in [1.29, 1.82) is 0 Å². The fraction of sp³-hybridized carbons (Fsp3) is 1.00. The summed E-state index contributed by atoms with van der Waals surface area (Å²) in [6.45, 7) is 5.52. The second-order valence-corrected chi connectivity index (χ2v) is 7.77. The van der Waals surface area contributed by atoms with E-state index in [1.54, 1.807) is 4.31 Å². The lowest BCUT2D eigenvalue weighted by Crippen LogP contribution is -2.55. The SMILES string of the molecule is CC(C)(C)NS(=O)(=O)N1C2CCC1CC(O)C2. The van der Waals surface area contributed by atoms with Gasteiger partial charge in [0.15, 0.2) is 0 Å². The van der Waals surface area contributed by atoms with Crippen LogP contribution < -0.4 is 4.72 Å². The van der Waals surface area contributed by atoms with Crippen molar-refractivity contribution in [2.45, 2.75) is 70.2 Å². The van der Waals surface area contributed by atoms with Crippen LogP contribution in [0.15, 0.2) is 0 Å². The van der Waals surface area contributed by atoms with Gasteiger partial charge in [0.1, 0.15) is 0 Å². The maximum absolute atomic E-state index is 12.3. The molecule has 2 atom stereocenters. The Morgan fingerprint density at radius 2 is 1.65 bits per heavy atom. The molecule has 2 bridgehead atoms. The quantitative estimate of drug-likeness (QED) is 0.766. The molecule has 2 heterocycles. The molecule has 0 spiro atoms. The molecule has 6 heteroatoms. The highest BCUT2D eigenvalue weighted by Crippen LogP contribution is 2.37. The molecule has 0 saturated carbocycles. The van der Waals surface area contributed by atoms with Crippen LogP contribution in [0.25, 0.3) is 0 Å². The predicted octanol–water partition coefficient (Wildman–Crippen LogP) is 0.607. The number of piperidine rings is 1. The van der Waals surface area contributed by atoms with Crippen LogP contribution in [-0.2, 0) is 10.2 Å². The number of hydrogen-bond acceptors (Lipinski definition) is 3. The molecule has 2 aliphatic rings. The fourth-order valence-electron chi connectivity index (χ4n) is 2.94. The summed E-state index contributed by atoms with van der Waals surface area (Å²) in [4.78, 5) is 0. The summed E-state index contributed by atoms with van der Waals surface area (Å²) in [7, 11) is -3.43. The predicted molar refractivity (Wildman–Crippen MR) is 65.7 cm³/mol. The van der Waals surface area contributed by atoms with E-state index in [0.29, 0.717) is 12.8 Å². The third-order valence-electron chi connectivity index (χ3n) is 3.35. The molecule has 0 aliphatic carbocycles. The van der Waals surface area contributed by atoms with Gasteiger partial charge in [0.2, 0.25) is 0 Å². The van der Waals surface area contributed by atoms with Gasteiger partial charge in [-0.3, -0.25) is 0 Å². The first-order chi connectivity index (χ1) is 7.69. The third kappa shape index (κ3) is 2.81. The number of nitrogens with zero attached hydrogens (tertiary/aromatic N) is 1. The van der Waals surface area contributed by atoms with Crippen LogP contribution in [-0.4, -0.2) is 41.6 Å². The standard InChI is InChI=1S/C11H22N2O3S/c1-11(2,3)12-17(15,16)13-8-4-5-9(13)7-10(14)6-8/h8-10,12,14H,4-7H2,1-3H3. The lowest BCUT2D eigenvalue weighted by atomic mass is 10.0.